The first kappa shape index (κ1) is 11.4. The molecule has 0 aliphatic carbocycles. The van der Waals surface area contributed by atoms with Crippen LogP contribution in [0, 0.1) is 6.92 Å². The summed E-state index contributed by atoms with van der Waals surface area (Å²) in [6.07, 6.45) is 1.58. The Hall–Kier alpha value is -2.69. The van der Waals surface area contributed by atoms with Gasteiger partial charge in [-0.05, 0) is 31.2 Å². The van der Waals surface area contributed by atoms with E-state index in [4.69, 9.17) is 0 Å². The van der Waals surface area contributed by atoms with Crippen LogP contribution in [-0.4, -0.2) is 20.6 Å². The Morgan fingerprint density at radius 1 is 1.16 bits per heavy atom. The number of imidazole rings is 1. The van der Waals surface area contributed by atoms with Gasteiger partial charge in [-0.1, -0.05) is 18.2 Å². The molecule has 3 aromatic rings. The number of carbonyl (C=O) groups is 1. The standard InChI is InChI=1S/C14H12N4O/c1-10-5-4-7-12(16-10)14(19)17-18-9-15-11-6-2-3-8-13(11)18/h2-9H,1H3,(H,17,19). The smallest absolute Gasteiger partial charge is 0.266 e. The highest BCUT2D eigenvalue weighted by molar-refractivity contribution is 5.99. The highest BCUT2D eigenvalue weighted by Crippen LogP contribution is 2.10. The lowest BCUT2D eigenvalue weighted by molar-refractivity contribution is 0.100. The Morgan fingerprint density at radius 3 is 2.84 bits per heavy atom. The fourth-order valence-electron chi connectivity index (χ4n) is 1.88. The van der Waals surface area contributed by atoms with Crippen LogP contribution in [-0.2, 0) is 0 Å². The fourth-order valence-corrected chi connectivity index (χ4v) is 1.88. The maximum atomic E-state index is 12.1. The first-order chi connectivity index (χ1) is 9.24. The zero-order valence-corrected chi connectivity index (χ0v) is 10.4. The summed E-state index contributed by atoms with van der Waals surface area (Å²) in [5.74, 6) is -0.258. The Kier molecular flexibility index (Phi) is 2.72. The number of hydrogen-bond donors (Lipinski definition) is 1. The molecular weight excluding hydrogens is 240 g/mol. The second-order valence-electron chi connectivity index (χ2n) is 4.21. The summed E-state index contributed by atoms with van der Waals surface area (Å²) < 4.78 is 1.60. The number of aromatic nitrogens is 3. The molecule has 2 heterocycles. The molecule has 1 amide bonds. The second kappa shape index (κ2) is 4.53. The van der Waals surface area contributed by atoms with Crippen LogP contribution < -0.4 is 5.43 Å². The van der Waals surface area contributed by atoms with Gasteiger partial charge in [-0.3, -0.25) is 10.2 Å². The summed E-state index contributed by atoms with van der Waals surface area (Å²) in [5, 5.41) is 0. The number of para-hydroxylation sites is 2. The molecule has 94 valence electrons. The fraction of sp³-hybridized carbons (Fsp3) is 0.0714. The van der Waals surface area contributed by atoms with Gasteiger partial charge in [-0.25, -0.2) is 14.6 Å². The number of nitrogens with zero attached hydrogens (tertiary/aromatic N) is 3. The zero-order valence-electron chi connectivity index (χ0n) is 10.4. The average Bonchev–Trinajstić information content (AvgIpc) is 2.82. The lowest BCUT2D eigenvalue weighted by Crippen LogP contribution is -2.23. The van der Waals surface area contributed by atoms with Gasteiger partial charge in [0.25, 0.3) is 5.91 Å². The Labute approximate surface area is 109 Å². The number of carbonyl (C=O) groups excluding carboxylic acids is 1. The van der Waals surface area contributed by atoms with Gasteiger partial charge in [-0.15, -0.1) is 0 Å². The van der Waals surface area contributed by atoms with Crippen molar-refractivity contribution in [3.63, 3.8) is 0 Å². The SMILES string of the molecule is Cc1cccc(C(=O)Nn2cnc3ccccc32)n1. The van der Waals surface area contributed by atoms with Gasteiger partial charge in [0.2, 0.25) is 0 Å². The molecule has 5 heteroatoms. The summed E-state index contributed by atoms with van der Waals surface area (Å²) in [5.41, 5.74) is 5.64. The van der Waals surface area contributed by atoms with Crippen LogP contribution in [0.25, 0.3) is 11.0 Å². The molecule has 1 aromatic carbocycles. The van der Waals surface area contributed by atoms with E-state index in [2.05, 4.69) is 15.4 Å². The summed E-state index contributed by atoms with van der Waals surface area (Å²) in [6, 6.07) is 12.9. The van der Waals surface area contributed by atoms with E-state index in [9.17, 15) is 4.79 Å². The molecule has 0 radical (unpaired) electrons. The molecule has 0 atom stereocenters. The Morgan fingerprint density at radius 2 is 2.00 bits per heavy atom. The molecule has 0 aliphatic rings. The summed E-state index contributed by atoms with van der Waals surface area (Å²) >= 11 is 0. The van der Waals surface area contributed by atoms with E-state index in [1.54, 1.807) is 17.1 Å². The minimum Gasteiger partial charge on any atom is -0.266 e. The van der Waals surface area contributed by atoms with Crippen LogP contribution in [0.3, 0.4) is 0 Å². The van der Waals surface area contributed by atoms with Gasteiger partial charge in [0.15, 0.2) is 0 Å². The Balaban J connectivity index is 1.91. The van der Waals surface area contributed by atoms with Crippen molar-refractivity contribution in [2.75, 3.05) is 5.43 Å². The first-order valence-corrected chi connectivity index (χ1v) is 5.91. The van der Waals surface area contributed by atoms with Crippen molar-refractivity contribution in [3.8, 4) is 0 Å². The molecule has 5 nitrogen and oxygen atoms in total. The van der Waals surface area contributed by atoms with E-state index < -0.39 is 0 Å². The largest absolute Gasteiger partial charge is 0.288 e. The van der Waals surface area contributed by atoms with Crippen molar-refractivity contribution in [2.24, 2.45) is 0 Å². The maximum Gasteiger partial charge on any atom is 0.288 e. The molecule has 0 saturated carbocycles. The molecule has 3 rings (SSSR count). The van der Waals surface area contributed by atoms with Crippen LogP contribution in [0.1, 0.15) is 16.2 Å². The molecule has 0 fully saturated rings. The number of amides is 1. The quantitative estimate of drug-likeness (QED) is 0.760. The molecule has 1 N–H and O–H groups in total. The van der Waals surface area contributed by atoms with Crippen molar-refractivity contribution in [1.29, 1.82) is 0 Å². The molecule has 0 saturated heterocycles. The van der Waals surface area contributed by atoms with E-state index in [1.165, 1.54) is 0 Å². The van der Waals surface area contributed by atoms with Gasteiger partial charge in [0.05, 0.1) is 11.0 Å². The minimum atomic E-state index is -0.258. The van der Waals surface area contributed by atoms with Crippen molar-refractivity contribution < 1.29 is 4.79 Å². The Bertz CT molecular complexity index is 748. The highest BCUT2D eigenvalue weighted by atomic mass is 16.2. The number of hydrogen-bond acceptors (Lipinski definition) is 3. The zero-order chi connectivity index (χ0) is 13.2. The van der Waals surface area contributed by atoms with Gasteiger partial charge in [-0.2, -0.15) is 0 Å². The van der Waals surface area contributed by atoms with Gasteiger partial charge >= 0.3 is 0 Å². The highest BCUT2D eigenvalue weighted by Gasteiger charge is 2.09. The van der Waals surface area contributed by atoms with E-state index in [1.807, 2.05) is 43.3 Å². The predicted molar refractivity (Wildman–Crippen MR) is 72.4 cm³/mol. The first-order valence-electron chi connectivity index (χ1n) is 5.91. The predicted octanol–water partition coefficient (Wildman–Crippen LogP) is 2.12. The van der Waals surface area contributed by atoms with Gasteiger partial charge < -0.3 is 0 Å². The van der Waals surface area contributed by atoms with Gasteiger partial charge in [0, 0.05) is 5.69 Å². The summed E-state index contributed by atoms with van der Waals surface area (Å²) in [7, 11) is 0. The number of nitrogens with one attached hydrogen (secondary N) is 1. The van der Waals surface area contributed by atoms with E-state index >= 15 is 0 Å². The van der Waals surface area contributed by atoms with Gasteiger partial charge in [0.1, 0.15) is 12.0 Å². The van der Waals surface area contributed by atoms with Crippen LogP contribution in [0.15, 0.2) is 48.8 Å². The van der Waals surface area contributed by atoms with Crippen molar-refractivity contribution in [3.05, 3.63) is 60.2 Å². The van der Waals surface area contributed by atoms with E-state index in [0.717, 1.165) is 16.7 Å². The van der Waals surface area contributed by atoms with E-state index in [0.29, 0.717) is 5.69 Å². The number of benzene rings is 1. The van der Waals surface area contributed by atoms with Crippen LogP contribution in [0.5, 0.6) is 0 Å². The molecule has 0 unspecified atom stereocenters. The van der Waals surface area contributed by atoms with Crippen LogP contribution in [0.2, 0.25) is 0 Å². The summed E-state index contributed by atoms with van der Waals surface area (Å²) in [4.78, 5) is 20.5. The number of rotatable bonds is 2. The molecule has 0 bridgehead atoms. The van der Waals surface area contributed by atoms with E-state index in [-0.39, 0.29) is 5.91 Å². The normalized spacial score (nSPS) is 10.6. The third-order valence-corrected chi connectivity index (χ3v) is 2.80. The molecule has 0 spiro atoms. The molecule has 2 aromatic heterocycles. The van der Waals surface area contributed by atoms with Crippen molar-refractivity contribution >= 4 is 16.9 Å². The molecular formula is C14H12N4O. The molecule has 0 aliphatic heterocycles. The second-order valence-corrected chi connectivity index (χ2v) is 4.21. The number of fused-ring (bicyclic) bond motifs is 1. The summed E-state index contributed by atoms with van der Waals surface area (Å²) in [6.45, 7) is 1.85. The van der Waals surface area contributed by atoms with Crippen molar-refractivity contribution in [2.45, 2.75) is 6.92 Å². The third-order valence-electron chi connectivity index (χ3n) is 2.80. The topological polar surface area (TPSA) is 59.8 Å². The van der Waals surface area contributed by atoms with Crippen LogP contribution >= 0.6 is 0 Å². The number of pyridine rings is 1. The minimum absolute atomic E-state index is 0.258. The third kappa shape index (κ3) is 2.18. The monoisotopic (exact) mass is 252 g/mol. The lowest BCUT2D eigenvalue weighted by atomic mass is 10.3. The maximum absolute atomic E-state index is 12.1. The average molecular weight is 252 g/mol. The van der Waals surface area contributed by atoms with Crippen molar-refractivity contribution in [1.82, 2.24) is 14.6 Å². The lowest BCUT2D eigenvalue weighted by Gasteiger charge is -2.06. The van der Waals surface area contributed by atoms with Crippen LogP contribution in [0.4, 0.5) is 0 Å². The molecule has 19 heavy (non-hydrogen) atoms. The number of aryl methyl sites for hydroxylation is 1.